The molecule has 0 saturated carbocycles. The smallest absolute Gasteiger partial charge is 0.323 e. The van der Waals surface area contributed by atoms with Crippen molar-refractivity contribution in [2.75, 3.05) is 7.05 Å². The second-order valence-corrected chi connectivity index (χ2v) is 4.14. The zero-order chi connectivity index (χ0) is 14.4. The maximum Gasteiger partial charge on any atom is 0.323 e. The van der Waals surface area contributed by atoms with Crippen molar-refractivity contribution in [1.29, 1.82) is 0 Å². The van der Waals surface area contributed by atoms with Gasteiger partial charge in [0, 0.05) is 7.05 Å². The summed E-state index contributed by atoms with van der Waals surface area (Å²) in [6, 6.07) is 6.95. The zero-order valence-electron chi connectivity index (χ0n) is 11.0. The van der Waals surface area contributed by atoms with Crippen LogP contribution in [0.3, 0.4) is 0 Å². The highest BCUT2D eigenvalue weighted by Crippen LogP contribution is 2.02. The van der Waals surface area contributed by atoms with Crippen molar-refractivity contribution in [3.05, 3.63) is 48.3 Å². The molecule has 0 fully saturated rings. The molecule has 2 heterocycles. The van der Waals surface area contributed by atoms with Crippen molar-refractivity contribution in [3.8, 4) is 0 Å². The van der Waals surface area contributed by atoms with Crippen LogP contribution < -0.4 is 10.7 Å². The van der Waals surface area contributed by atoms with E-state index in [4.69, 9.17) is 8.83 Å². The third-order valence-corrected chi connectivity index (χ3v) is 2.48. The third-order valence-electron chi connectivity index (χ3n) is 2.48. The van der Waals surface area contributed by atoms with Gasteiger partial charge in [-0.2, -0.15) is 0 Å². The highest BCUT2D eigenvalue weighted by molar-refractivity contribution is 6.34. The Morgan fingerprint density at radius 2 is 1.75 bits per heavy atom. The summed E-state index contributed by atoms with van der Waals surface area (Å²) in [7, 11) is 1.64. The highest BCUT2D eigenvalue weighted by atomic mass is 16.3. The SMILES string of the molecule is CN(Cc1ccco1)NC(=O)C(=O)NCc1ccco1. The predicted octanol–water partition coefficient (Wildman–Crippen LogP) is 0.652. The van der Waals surface area contributed by atoms with Crippen LogP contribution >= 0.6 is 0 Å². The van der Waals surface area contributed by atoms with Crippen molar-refractivity contribution in [1.82, 2.24) is 15.8 Å². The van der Waals surface area contributed by atoms with E-state index in [1.807, 2.05) is 0 Å². The molecule has 0 saturated heterocycles. The van der Waals surface area contributed by atoms with Crippen molar-refractivity contribution in [2.24, 2.45) is 0 Å². The second kappa shape index (κ2) is 6.58. The molecule has 0 radical (unpaired) electrons. The molecule has 20 heavy (non-hydrogen) atoms. The Hall–Kier alpha value is -2.54. The van der Waals surface area contributed by atoms with Crippen molar-refractivity contribution in [3.63, 3.8) is 0 Å². The van der Waals surface area contributed by atoms with E-state index in [-0.39, 0.29) is 6.54 Å². The Morgan fingerprint density at radius 1 is 1.10 bits per heavy atom. The first-order valence-electron chi connectivity index (χ1n) is 6.00. The fourth-order valence-corrected chi connectivity index (χ4v) is 1.56. The number of rotatable bonds is 5. The maximum absolute atomic E-state index is 11.6. The van der Waals surface area contributed by atoms with Gasteiger partial charge >= 0.3 is 11.8 Å². The maximum atomic E-state index is 11.6. The third kappa shape index (κ3) is 3.99. The number of nitrogens with one attached hydrogen (secondary N) is 2. The Kier molecular flexibility index (Phi) is 4.56. The molecule has 0 spiro atoms. The van der Waals surface area contributed by atoms with Gasteiger partial charge in [0.25, 0.3) is 0 Å². The van der Waals surface area contributed by atoms with Gasteiger partial charge < -0.3 is 14.2 Å². The number of furan rings is 2. The van der Waals surface area contributed by atoms with Crippen LogP contribution in [-0.2, 0) is 22.7 Å². The lowest BCUT2D eigenvalue weighted by atomic mass is 10.4. The highest BCUT2D eigenvalue weighted by Gasteiger charge is 2.15. The molecule has 2 aromatic rings. The van der Waals surface area contributed by atoms with Gasteiger partial charge in [0.15, 0.2) is 0 Å². The minimum absolute atomic E-state index is 0.168. The average molecular weight is 277 g/mol. The van der Waals surface area contributed by atoms with Crippen LogP contribution in [0.25, 0.3) is 0 Å². The van der Waals surface area contributed by atoms with Gasteiger partial charge in [0.1, 0.15) is 11.5 Å². The standard InChI is InChI=1S/C13H15N3O4/c1-16(9-11-5-3-7-20-11)15-13(18)12(17)14-8-10-4-2-6-19-10/h2-7H,8-9H2,1H3,(H,14,17)(H,15,18). The summed E-state index contributed by atoms with van der Waals surface area (Å²) in [6.45, 7) is 0.533. The summed E-state index contributed by atoms with van der Waals surface area (Å²) in [4.78, 5) is 23.2. The molecule has 2 rings (SSSR count). The monoisotopic (exact) mass is 277 g/mol. The molecule has 0 aliphatic rings. The van der Waals surface area contributed by atoms with Crippen LogP contribution in [0.15, 0.2) is 45.6 Å². The first kappa shape index (κ1) is 13.9. The van der Waals surface area contributed by atoms with Gasteiger partial charge in [0.05, 0.1) is 25.6 Å². The molecule has 0 aliphatic heterocycles. The van der Waals surface area contributed by atoms with E-state index in [1.54, 1.807) is 37.6 Å². The molecule has 0 unspecified atom stereocenters. The number of carbonyl (C=O) groups is 2. The van der Waals surface area contributed by atoms with E-state index in [1.165, 1.54) is 11.3 Å². The van der Waals surface area contributed by atoms with E-state index >= 15 is 0 Å². The fourth-order valence-electron chi connectivity index (χ4n) is 1.56. The lowest BCUT2D eigenvalue weighted by Crippen LogP contribution is -2.46. The van der Waals surface area contributed by atoms with Crippen LogP contribution in [0.5, 0.6) is 0 Å². The van der Waals surface area contributed by atoms with Crippen LogP contribution in [-0.4, -0.2) is 23.9 Å². The molecule has 106 valence electrons. The Morgan fingerprint density at radius 3 is 2.35 bits per heavy atom. The van der Waals surface area contributed by atoms with Gasteiger partial charge in [-0.1, -0.05) is 0 Å². The van der Waals surface area contributed by atoms with E-state index < -0.39 is 11.8 Å². The van der Waals surface area contributed by atoms with Gasteiger partial charge in [-0.15, -0.1) is 0 Å². The molecule has 2 N–H and O–H groups in total. The van der Waals surface area contributed by atoms with E-state index in [0.29, 0.717) is 18.1 Å². The molecule has 7 heteroatoms. The number of hydrazine groups is 1. The van der Waals surface area contributed by atoms with Crippen molar-refractivity contribution >= 4 is 11.8 Å². The van der Waals surface area contributed by atoms with Gasteiger partial charge in [0.2, 0.25) is 0 Å². The predicted molar refractivity (Wildman–Crippen MR) is 68.9 cm³/mol. The molecule has 0 bridgehead atoms. The first-order valence-corrected chi connectivity index (χ1v) is 6.00. The number of carbonyl (C=O) groups excluding carboxylic acids is 2. The first-order chi connectivity index (χ1) is 9.65. The number of hydrogen-bond donors (Lipinski definition) is 2. The summed E-state index contributed by atoms with van der Waals surface area (Å²) in [5, 5.41) is 3.92. The number of amides is 2. The van der Waals surface area contributed by atoms with Crippen LogP contribution in [0.4, 0.5) is 0 Å². The van der Waals surface area contributed by atoms with E-state index in [9.17, 15) is 9.59 Å². The van der Waals surface area contributed by atoms with Crippen molar-refractivity contribution < 1.29 is 18.4 Å². The summed E-state index contributed by atoms with van der Waals surface area (Å²) in [5.41, 5.74) is 2.44. The Labute approximate surface area is 115 Å². The summed E-state index contributed by atoms with van der Waals surface area (Å²) in [6.07, 6.45) is 3.04. The normalized spacial score (nSPS) is 10.5. The summed E-state index contributed by atoms with van der Waals surface area (Å²) < 4.78 is 10.2. The molecule has 2 aromatic heterocycles. The summed E-state index contributed by atoms with van der Waals surface area (Å²) >= 11 is 0. The molecular weight excluding hydrogens is 262 g/mol. The molecule has 0 atom stereocenters. The van der Waals surface area contributed by atoms with E-state index in [2.05, 4.69) is 10.7 Å². The topological polar surface area (TPSA) is 87.7 Å². The molecule has 7 nitrogen and oxygen atoms in total. The van der Waals surface area contributed by atoms with Gasteiger partial charge in [-0.3, -0.25) is 15.0 Å². The lowest BCUT2D eigenvalue weighted by molar-refractivity contribution is -0.142. The molecule has 0 aliphatic carbocycles. The lowest BCUT2D eigenvalue weighted by Gasteiger charge is -2.16. The van der Waals surface area contributed by atoms with Gasteiger partial charge in [-0.05, 0) is 24.3 Å². The molecule has 2 amide bonds. The number of hydrogen-bond acceptors (Lipinski definition) is 5. The molecular formula is C13H15N3O4. The largest absolute Gasteiger partial charge is 0.468 e. The zero-order valence-corrected chi connectivity index (χ0v) is 11.0. The van der Waals surface area contributed by atoms with Crippen LogP contribution in [0.2, 0.25) is 0 Å². The quantitative estimate of drug-likeness (QED) is 0.619. The van der Waals surface area contributed by atoms with Gasteiger partial charge in [-0.25, -0.2) is 5.01 Å². The molecule has 0 aromatic carbocycles. The fraction of sp³-hybridized carbons (Fsp3) is 0.231. The second-order valence-electron chi connectivity index (χ2n) is 4.14. The van der Waals surface area contributed by atoms with Crippen molar-refractivity contribution in [2.45, 2.75) is 13.1 Å². The minimum atomic E-state index is -0.745. The minimum Gasteiger partial charge on any atom is -0.468 e. The Balaban J connectivity index is 1.74. The average Bonchev–Trinajstić information content (AvgIpc) is 3.08. The van der Waals surface area contributed by atoms with Crippen LogP contribution in [0.1, 0.15) is 11.5 Å². The number of nitrogens with zero attached hydrogens (tertiary/aromatic N) is 1. The Bertz CT molecular complexity index is 548. The van der Waals surface area contributed by atoms with E-state index in [0.717, 1.165) is 0 Å². The summed E-state index contributed by atoms with van der Waals surface area (Å²) in [5.74, 6) is -0.211. The van der Waals surface area contributed by atoms with Crippen LogP contribution in [0, 0.1) is 0 Å².